The highest BCUT2D eigenvalue weighted by Crippen LogP contribution is 2.33. The van der Waals surface area contributed by atoms with E-state index in [-0.39, 0.29) is 12.4 Å². The Hall–Kier alpha value is -2.08. The van der Waals surface area contributed by atoms with E-state index in [1.54, 1.807) is 30.3 Å². The van der Waals surface area contributed by atoms with Gasteiger partial charge in [-0.1, -0.05) is 23.4 Å². The van der Waals surface area contributed by atoms with Crippen molar-refractivity contribution in [3.8, 4) is 11.5 Å². The second-order valence-corrected chi connectivity index (χ2v) is 5.00. The molecule has 0 heterocycles. The van der Waals surface area contributed by atoms with E-state index < -0.39 is 0 Å². The summed E-state index contributed by atoms with van der Waals surface area (Å²) in [6.45, 7) is 0.0862. The zero-order chi connectivity index (χ0) is 15.2. The van der Waals surface area contributed by atoms with Crippen molar-refractivity contribution in [2.75, 3.05) is 7.11 Å². The average molecular weight is 354 g/mol. The van der Waals surface area contributed by atoms with Crippen molar-refractivity contribution in [2.24, 2.45) is 5.16 Å². The number of nitrogens with zero attached hydrogens (tertiary/aromatic N) is 1. The van der Waals surface area contributed by atoms with Gasteiger partial charge in [0.1, 0.15) is 12.4 Å². The molecule has 0 saturated heterocycles. The van der Waals surface area contributed by atoms with Crippen LogP contribution >= 0.6 is 15.9 Å². The smallest absolute Gasteiger partial charge is 0.162 e. The van der Waals surface area contributed by atoms with Crippen LogP contribution < -0.4 is 9.47 Å². The Balaban J connectivity index is 2.24. The van der Waals surface area contributed by atoms with Crippen LogP contribution in [0, 0.1) is 5.82 Å². The summed E-state index contributed by atoms with van der Waals surface area (Å²) in [7, 11) is 1.50. The van der Waals surface area contributed by atoms with Gasteiger partial charge in [-0.3, -0.25) is 0 Å². The molecule has 0 saturated carbocycles. The van der Waals surface area contributed by atoms with Crippen molar-refractivity contribution in [2.45, 2.75) is 6.61 Å². The van der Waals surface area contributed by atoms with E-state index in [0.717, 1.165) is 0 Å². The van der Waals surface area contributed by atoms with E-state index in [9.17, 15) is 4.39 Å². The molecular formula is C15H13BrFNO3. The van der Waals surface area contributed by atoms with Crippen LogP contribution in [0.2, 0.25) is 0 Å². The third-order valence-electron chi connectivity index (χ3n) is 2.82. The van der Waals surface area contributed by atoms with Gasteiger partial charge in [0.25, 0.3) is 0 Å². The predicted molar refractivity (Wildman–Crippen MR) is 80.8 cm³/mol. The molecule has 0 aliphatic rings. The van der Waals surface area contributed by atoms with Gasteiger partial charge in [0, 0.05) is 15.6 Å². The van der Waals surface area contributed by atoms with Gasteiger partial charge in [-0.2, -0.15) is 0 Å². The third kappa shape index (κ3) is 3.72. The minimum atomic E-state index is -0.320. The van der Waals surface area contributed by atoms with Gasteiger partial charge in [-0.15, -0.1) is 0 Å². The zero-order valence-corrected chi connectivity index (χ0v) is 12.8. The molecule has 0 fully saturated rings. The molecule has 6 heteroatoms. The first-order valence-electron chi connectivity index (χ1n) is 6.07. The maximum Gasteiger partial charge on any atom is 0.162 e. The molecule has 0 bridgehead atoms. The summed E-state index contributed by atoms with van der Waals surface area (Å²) in [6, 6.07) is 9.74. The molecule has 0 amide bonds. The number of hydrogen-bond donors (Lipinski definition) is 1. The third-order valence-corrected chi connectivity index (χ3v) is 3.51. The van der Waals surface area contributed by atoms with Crippen molar-refractivity contribution in [1.82, 2.24) is 0 Å². The summed E-state index contributed by atoms with van der Waals surface area (Å²) in [5.74, 6) is 0.603. The highest BCUT2D eigenvalue weighted by atomic mass is 79.9. The molecule has 0 aliphatic carbocycles. The predicted octanol–water partition coefficient (Wildman–Crippen LogP) is 3.98. The molecule has 0 aliphatic heterocycles. The molecule has 4 nitrogen and oxygen atoms in total. The highest BCUT2D eigenvalue weighted by molar-refractivity contribution is 9.10. The lowest BCUT2D eigenvalue weighted by Crippen LogP contribution is -2.01. The first-order valence-corrected chi connectivity index (χ1v) is 6.86. The largest absolute Gasteiger partial charge is 0.493 e. The van der Waals surface area contributed by atoms with Crippen molar-refractivity contribution in [3.63, 3.8) is 0 Å². The summed E-state index contributed by atoms with van der Waals surface area (Å²) in [4.78, 5) is 0. The minimum absolute atomic E-state index is 0.0862. The van der Waals surface area contributed by atoms with Gasteiger partial charge >= 0.3 is 0 Å². The lowest BCUT2D eigenvalue weighted by atomic mass is 10.2. The molecule has 21 heavy (non-hydrogen) atoms. The van der Waals surface area contributed by atoms with E-state index in [1.165, 1.54) is 19.4 Å². The van der Waals surface area contributed by atoms with E-state index >= 15 is 0 Å². The van der Waals surface area contributed by atoms with Crippen LogP contribution in [0.1, 0.15) is 11.1 Å². The Morgan fingerprint density at radius 2 is 2.05 bits per heavy atom. The Morgan fingerprint density at radius 1 is 1.29 bits per heavy atom. The average Bonchev–Trinajstić information content (AvgIpc) is 2.49. The first kappa shape index (κ1) is 15.3. The monoisotopic (exact) mass is 353 g/mol. The number of methoxy groups -OCH3 is 1. The number of benzene rings is 2. The SMILES string of the molecule is COc1cc(/C=N\O)c(Br)cc1OCc1ccccc1F. The number of halogens is 2. The maximum atomic E-state index is 13.6. The summed E-state index contributed by atoms with van der Waals surface area (Å²) in [5.41, 5.74) is 1.09. The molecule has 0 radical (unpaired) electrons. The van der Waals surface area contributed by atoms with Crippen LogP contribution in [-0.4, -0.2) is 18.5 Å². The molecule has 2 rings (SSSR count). The van der Waals surface area contributed by atoms with Crippen molar-refractivity contribution < 1.29 is 19.1 Å². The Labute approximate surface area is 129 Å². The van der Waals surface area contributed by atoms with Crippen LogP contribution in [0.5, 0.6) is 11.5 Å². The lowest BCUT2D eigenvalue weighted by Gasteiger charge is -2.13. The minimum Gasteiger partial charge on any atom is -0.493 e. The van der Waals surface area contributed by atoms with E-state index in [0.29, 0.717) is 27.1 Å². The fourth-order valence-corrected chi connectivity index (χ4v) is 2.18. The molecule has 0 aromatic heterocycles. The van der Waals surface area contributed by atoms with E-state index in [4.69, 9.17) is 14.7 Å². The summed E-state index contributed by atoms with van der Waals surface area (Å²) < 4.78 is 25.1. The van der Waals surface area contributed by atoms with Crippen LogP contribution in [0.15, 0.2) is 46.0 Å². The second-order valence-electron chi connectivity index (χ2n) is 4.15. The zero-order valence-electron chi connectivity index (χ0n) is 11.2. The summed E-state index contributed by atoms with van der Waals surface area (Å²) >= 11 is 3.34. The fraction of sp³-hybridized carbons (Fsp3) is 0.133. The molecular weight excluding hydrogens is 341 g/mol. The Kier molecular flexibility index (Phi) is 5.16. The fourth-order valence-electron chi connectivity index (χ4n) is 1.76. The van der Waals surface area contributed by atoms with Crippen LogP contribution in [-0.2, 0) is 6.61 Å². The van der Waals surface area contributed by atoms with Crippen molar-refractivity contribution in [3.05, 3.63) is 57.8 Å². The molecule has 2 aromatic rings. The van der Waals surface area contributed by atoms with Gasteiger partial charge in [0.05, 0.1) is 13.3 Å². The van der Waals surface area contributed by atoms with Crippen LogP contribution in [0.4, 0.5) is 4.39 Å². The molecule has 0 spiro atoms. The normalized spacial score (nSPS) is 10.8. The van der Waals surface area contributed by atoms with Gasteiger partial charge in [-0.05, 0) is 34.1 Å². The summed E-state index contributed by atoms with van der Waals surface area (Å²) in [5, 5.41) is 11.6. The van der Waals surface area contributed by atoms with Crippen molar-refractivity contribution in [1.29, 1.82) is 0 Å². The van der Waals surface area contributed by atoms with Gasteiger partial charge < -0.3 is 14.7 Å². The first-order chi connectivity index (χ1) is 10.2. The molecule has 1 N–H and O–H groups in total. The second kappa shape index (κ2) is 7.08. The molecule has 0 atom stereocenters. The topological polar surface area (TPSA) is 51.0 Å². The van der Waals surface area contributed by atoms with Crippen LogP contribution in [0.25, 0.3) is 0 Å². The molecule has 2 aromatic carbocycles. The Morgan fingerprint density at radius 3 is 2.71 bits per heavy atom. The van der Waals surface area contributed by atoms with E-state index in [1.807, 2.05) is 0 Å². The highest BCUT2D eigenvalue weighted by Gasteiger charge is 2.10. The lowest BCUT2D eigenvalue weighted by molar-refractivity contribution is 0.279. The molecule has 0 unspecified atom stereocenters. The van der Waals surface area contributed by atoms with Gasteiger partial charge in [-0.25, -0.2) is 4.39 Å². The number of rotatable bonds is 5. The summed E-state index contributed by atoms with van der Waals surface area (Å²) in [6.07, 6.45) is 1.27. The van der Waals surface area contributed by atoms with Gasteiger partial charge in [0.15, 0.2) is 11.5 Å². The Bertz CT molecular complexity index is 661. The number of hydrogen-bond acceptors (Lipinski definition) is 4. The molecule has 110 valence electrons. The van der Waals surface area contributed by atoms with E-state index in [2.05, 4.69) is 21.1 Å². The van der Waals surface area contributed by atoms with Crippen molar-refractivity contribution >= 4 is 22.1 Å². The number of oxime groups is 1. The number of ether oxygens (including phenoxy) is 2. The van der Waals surface area contributed by atoms with Crippen LogP contribution in [0.3, 0.4) is 0 Å². The quantitative estimate of drug-likeness (QED) is 0.502. The standard InChI is InChI=1S/C15H13BrFNO3/c1-20-14-6-11(8-18-19)12(16)7-15(14)21-9-10-4-2-3-5-13(10)17/h2-8,19H,9H2,1H3/b18-8-. The van der Waals surface area contributed by atoms with Gasteiger partial charge in [0.2, 0.25) is 0 Å². The maximum absolute atomic E-state index is 13.6.